The Kier molecular flexibility index (Phi) is 4.80. The molecule has 1 atom stereocenters. The van der Waals surface area contributed by atoms with Gasteiger partial charge in [-0.2, -0.15) is 0 Å². The summed E-state index contributed by atoms with van der Waals surface area (Å²) in [5, 5.41) is 13.3. The van der Waals surface area contributed by atoms with Crippen LogP contribution in [0.4, 0.5) is 0 Å². The van der Waals surface area contributed by atoms with E-state index in [0.29, 0.717) is 12.6 Å². The number of carboxylic acid groups (broad SMARTS) is 1. The van der Waals surface area contributed by atoms with Gasteiger partial charge in [0.15, 0.2) is 5.11 Å². The van der Waals surface area contributed by atoms with E-state index in [0.717, 1.165) is 31.3 Å². The Bertz CT molecular complexity index is 351. The first kappa shape index (κ1) is 15.5. The first-order valence-corrected chi connectivity index (χ1v) is 6.32. The third-order valence-corrected chi connectivity index (χ3v) is 3.96. The highest BCUT2D eigenvalue weighted by Gasteiger charge is 2.39. The maximum Gasteiger partial charge on any atom is 0.310 e. The van der Waals surface area contributed by atoms with Crippen molar-refractivity contribution in [2.45, 2.75) is 19.9 Å². The highest BCUT2D eigenvalue weighted by atomic mass is 35.5. The maximum atomic E-state index is 11.1. The predicted octanol–water partition coefficient (Wildman–Crippen LogP) is 0.393. The molecule has 2 N–H and O–H groups in total. The van der Waals surface area contributed by atoms with Gasteiger partial charge in [0.05, 0.1) is 11.5 Å². The molecule has 18 heavy (non-hydrogen) atoms. The van der Waals surface area contributed by atoms with Gasteiger partial charge >= 0.3 is 5.97 Å². The number of fused-ring (bicyclic) bond motifs is 1. The molecule has 0 spiro atoms. The van der Waals surface area contributed by atoms with E-state index in [2.05, 4.69) is 10.2 Å². The van der Waals surface area contributed by atoms with Crippen molar-refractivity contribution in [2.24, 2.45) is 5.41 Å². The van der Waals surface area contributed by atoms with E-state index in [9.17, 15) is 4.79 Å². The molecule has 7 heteroatoms. The molecule has 0 amide bonds. The summed E-state index contributed by atoms with van der Waals surface area (Å²) in [4.78, 5) is 15.4. The molecule has 2 aliphatic heterocycles. The summed E-state index contributed by atoms with van der Waals surface area (Å²) in [6.07, 6.45) is 0. The van der Waals surface area contributed by atoms with Crippen LogP contribution in [0.5, 0.6) is 0 Å². The Hall–Kier alpha value is -0.590. The Morgan fingerprint density at radius 2 is 2.28 bits per heavy atom. The molecular formula is C11H20ClN3O2S. The Labute approximate surface area is 119 Å². The van der Waals surface area contributed by atoms with Gasteiger partial charge < -0.3 is 20.2 Å². The maximum absolute atomic E-state index is 11.1. The van der Waals surface area contributed by atoms with E-state index in [-0.39, 0.29) is 12.4 Å². The van der Waals surface area contributed by atoms with Gasteiger partial charge in [-0.1, -0.05) is 0 Å². The monoisotopic (exact) mass is 293 g/mol. The van der Waals surface area contributed by atoms with E-state index in [1.807, 2.05) is 4.90 Å². The summed E-state index contributed by atoms with van der Waals surface area (Å²) in [7, 11) is 0. The third kappa shape index (κ3) is 2.87. The summed E-state index contributed by atoms with van der Waals surface area (Å²) in [6.45, 7) is 7.61. The molecule has 0 saturated carbocycles. The lowest BCUT2D eigenvalue weighted by Gasteiger charge is -2.30. The molecular weight excluding hydrogens is 274 g/mol. The average molecular weight is 294 g/mol. The minimum Gasteiger partial charge on any atom is -0.481 e. The van der Waals surface area contributed by atoms with Crippen LogP contribution >= 0.6 is 24.6 Å². The summed E-state index contributed by atoms with van der Waals surface area (Å²) in [6, 6.07) is 0.404. The number of hydrogen-bond donors (Lipinski definition) is 2. The van der Waals surface area contributed by atoms with Gasteiger partial charge in [0.2, 0.25) is 0 Å². The zero-order valence-corrected chi connectivity index (χ0v) is 12.3. The molecule has 0 aromatic heterocycles. The Morgan fingerprint density at radius 1 is 1.61 bits per heavy atom. The normalized spacial score (nSPS) is 23.7. The van der Waals surface area contributed by atoms with E-state index in [4.69, 9.17) is 17.3 Å². The number of aliphatic carboxylic acids is 1. The van der Waals surface area contributed by atoms with Crippen LogP contribution < -0.4 is 5.32 Å². The van der Waals surface area contributed by atoms with E-state index in [1.54, 1.807) is 13.8 Å². The number of hydrogen-bond acceptors (Lipinski definition) is 3. The predicted molar refractivity (Wildman–Crippen MR) is 76.2 cm³/mol. The number of halogens is 1. The lowest BCUT2D eigenvalue weighted by molar-refractivity contribution is -0.147. The lowest BCUT2D eigenvalue weighted by atomic mass is 9.93. The average Bonchev–Trinajstić information content (AvgIpc) is 2.56. The number of nitrogens with zero attached hydrogens (tertiary/aromatic N) is 2. The summed E-state index contributed by atoms with van der Waals surface area (Å²) in [5.41, 5.74) is -0.758. The number of carbonyl (C=O) groups is 1. The zero-order valence-electron chi connectivity index (χ0n) is 10.7. The Morgan fingerprint density at radius 3 is 2.83 bits per heavy atom. The summed E-state index contributed by atoms with van der Waals surface area (Å²) < 4.78 is 0. The van der Waals surface area contributed by atoms with Crippen molar-refractivity contribution < 1.29 is 9.90 Å². The summed E-state index contributed by atoms with van der Waals surface area (Å²) in [5.74, 6) is -0.775. The molecule has 0 unspecified atom stereocenters. The van der Waals surface area contributed by atoms with Crippen LogP contribution in [0, 0.1) is 5.41 Å². The second kappa shape index (κ2) is 5.59. The van der Waals surface area contributed by atoms with Crippen LogP contribution in [0.3, 0.4) is 0 Å². The molecule has 104 valence electrons. The van der Waals surface area contributed by atoms with Crippen molar-refractivity contribution in [3.8, 4) is 0 Å². The van der Waals surface area contributed by atoms with Gasteiger partial charge in [-0.05, 0) is 26.1 Å². The van der Waals surface area contributed by atoms with Crippen molar-refractivity contribution >= 4 is 35.7 Å². The van der Waals surface area contributed by atoms with Crippen LogP contribution in [0.1, 0.15) is 13.8 Å². The van der Waals surface area contributed by atoms with Gasteiger partial charge in [-0.3, -0.25) is 4.79 Å². The van der Waals surface area contributed by atoms with Gasteiger partial charge in [0.25, 0.3) is 0 Å². The number of rotatable bonds is 3. The third-order valence-electron chi connectivity index (χ3n) is 3.46. The Balaban J connectivity index is 0.00000162. The van der Waals surface area contributed by atoms with E-state index < -0.39 is 11.4 Å². The molecule has 2 rings (SSSR count). The quantitative estimate of drug-likeness (QED) is 0.735. The molecule has 2 saturated heterocycles. The molecule has 0 aliphatic carbocycles. The minimum absolute atomic E-state index is 0. The standard InChI is InChI=1S/C11H19N3O2S.ClH/c1-11(2,9(15)16)7-13-6-8-5-12-3-4-14(8)10(13)17;/h8,12H,3-7H2,1-2H3,(H,15,16);1H/t8-;/m0./s1. The van der Waals surface area contributed by atoms with E-state index in [1.165, 1.54) is 0 Å². The fourth-order valence-electron chi connectivity index (χ4n) is 2.37. The second-order valence-electron chi connectivity index (χ2n) is 5.40. The number of carboxylic acids is 1. The fourth-order valence-corrected chi connectivity index (χ4v) is 2.75. The van der Waals surface area contributed by atoms with E-state index >= 15 is 0 Å². The fraction of sp³-hybridized carbons (Fsp3) is 0.818. The SMILES string of the molecule is CC(C)(CN1C[C@@H]2CNCCN2C1=S)C(=O)O.Cl. The smallest absolute Gasteiger partial charge is 0.310 e. The molecule has 0 aromatic rings. The molecule has 0 bridgehead atoms. The second-order valence-corrected chi connectivity index (χ2v) is 5.77. The van der Waals surface area contributed by atoms with Gasteiger partial charge in [-0.25, -0.2) is 0 Å². The molecule has 5 nitrogen and oxygen atoms in total. The van der Waals surface area contributed by atoms with Crippen LogP contribution in [-0.4, -0.2) is 64.8 Å². The topological polar surface area (TPSA) is 55.8 Å². The number of piperazine rings is 1. The van der Waals surface area contributed by atoms with Crippen LogP contribution in [0.15, 0.2) is 0 Å². The molecule has 2 heterocycles. The van der Waals surface area contributed by atoms with Crippen LogP contribution in [0.25, 0.3) is 0 Å². The van der Waals surface area contributed by atoms with Crippen molar-refractivity contribution in [1.29, 1.82) is 0 Å². The molecule has 2 aliphatic rings. The number of nitrogens with one attached hydrogen (secondary N) is 1. The first-order valence-electron chi connectivity index (χ1n) is 5.91. The van der Waals surface area contributed by atoms with Crippen molar-refractivity contribution in [3.63, 3.8) is 0 Å². The van der Waals surface area contributed by atoms with Crippen molar-refractivity contribution in [1.82, 2.24) is 15.1 Å². The van der Waals surface area contributed by atoms with Crippen molar-refractivity contribution in [2.75, 3.05) is 32.7 Å². The summed E-state index contributed by atoms with van der Waals surface area (Å²) >= 11 is 5.42. The molecule has 2 fully saturated rings. The highest BCUT2D eigenvalue weighted by molar-refractivity contribution is 7.80. The molecule has 0 aromatic carbocycles. The van der Waals surface area contributed by atoms with Gasteiger partial charge in [-0.15, -0.1) is 12.4 Å². The van der Waals surface area contributed by atoms with Crippen LogP contribution in [-0.2, 0) is 4.79 Å². The van der Waals surface area contributed by atoms with Crippen molar-refractivity contribution in [3.05, 3.63) is 0 Å². The minimum atomic E-state index is -0.775. The zero-order chi connectivity index (χ0) is 12.6. The van der Waals surface area contributed by atoms with Crippen LogP contribution in [0.2, 0.25) is 0 Å². The largest absolute Gasteiger partial charge is 0.481 e. The number of thiocarbonyl (C=S) groups is 1. The van der Waals surface area contributed by atoms with Gasteiger partial charge in [0, 0.05) is 32.7 Å². The molecule has 0 radical (unpaired) electrons. The van der Waals surface area contributed by atoms with Gasteiger partial charge in [0.1, 0.15) is 0 Å². The first-order chi connectivity index (χ1) is 7.92. The lowest BCUT2D eigenvalue weighted by Crippen LogP contribution is -2.49. The highest BCUT2D eigenvalue weighted by Crippen LogP contribution is 2.24.